The van der Waals surface area contributed by atoms with Gasteiger partial charge in [-0.05, 0) is 12.8 Å². The number of likely N-dealkylation sites (tertiary alicyclic amines) is 1. The number of nitrogens with zero attached hydrogens (tertiary/aromatic N) is 1. The minimum absolute atomic E-state index is 0.102. The summed E-state index contributed by atoms with van der Waals surface area (Å²) in [7, 11) is 0. The van der Waals surface area contributed by atoms with Gasteiger partial charge in [0.2, 0.25) is 23.6 Å². The first kappa shape index (κ1) is 24.8. The van der Waals surface area contributed by atoms with Gasteiger partial charge in [-0.25, -0.2) is 4.79 Å². The number of aliphatic carboxylic acids is 2. The summed E-state index contributed by atoms with van der Waals surface area (Å²) in [6.45, 7) is -0.818. The van der Waals surface area contributed by atoms with Gasteiger partial charge in [-0.2, -0.15) is 0 Å². The van der Waals surface area contributed by atoms with E-state index in [-0.39, 0.29) is 13.0 Å². The van der Waals surface area contributed by atoms with Crippen molar-refractivity contribution in [1.82, 2.24) is 15.5 Å². The van der Waals surface area contributed by atoms with E-state index in [0.717, 1.165) is 4.90 Å². The van der Waals surface area contributed by atoms with Crippen LogP contribution >= 0.6 is 0 Å². The smallest absolute Gasteiger partial charge is 0.326 e. The van der Waals surface area contributed by atoms with Crippen molar-refractivity contribution in [3.05, 3.63) is 0 Å². The molecular formula is C16H25N5O9. The molecule has 4 amide bonds. The van der Waals surface area contributed by atoms with Crippen LogP contribution in [0.1, 0.15) is 25.7 Å². The number of carboxylic acid groups (broad SMARTS) is 2. The molecule has 1 fully saturated rings. The van der Waals surface area contributed by atoms with Crippen molar-refractivity contribution in [3.8, 4) is 0 Å². The van der Waals surface area contributed by atoms with Gasteiger partial charge in [0.25, 0.3) is 0 Å². The average Bonchev–Trinajstić information content (AvgIpc) is 3.13. The Labute approximate surface area is 170 Å². The first-order valence-corrected chi connectivity index (χ1v) is 8.98. The van der Waals surface area contributed by atoms with Crippen LogP contribution in [-0.2, 0) is 28.8 Å². The van der Waals surface area contributed by atoms with E-state index < -0.39 is 79.2 Å². The number of rotatable bonds is 11. The molecule has 0 spiro atoms. The van der Waals surface area contributed by atoms with Crippen molar-refractivity contribution in [1.29, 1.82) is 0 Å². The topological polar surface area (TPSA) is 242 Å². The third-order valence-electron chi connectivity index (χ3n) is 4.39. The Morgan fingerprint density at radius 1 is 1.00 bits per heavy atom. The summed E-state index contributed by atoms with van der Waals surface area (Å²) in [5.74, 6) is -6.49. The second-order valence-corrected chi connectivity index (χ2v) is 6.71. The molecule has 1 heterocycles. The first-order valence-electron chi connectivity index (χ1n) is 8.98. The summed E-state index contributed by atoms with van der Waals surface area (Å²) < 4.78 is 0. The number of carbonyl (C=O) groups is 6. The Bertz CT molecular complexity index is 713. The standard InChI is InChI=1S/C16H25N5O9/c17-7(4-12(24)25)13(26)20-9(6-22)14(27)19-8(5-11(18)23)15(28)21-3-1-2-10(21)16(29)30/h7-10,22H,1-6,17H2,(H2,18,23)(H,19,27)(H,20,26)(H,24,25)(H,29,30). The Hall–Kier alpha value is -3.26. The lowest BCUT2D eigenvalue weighted by Crippen LogP contribution is -2.58. The lowest BCUT2D eigenvalue weighted by molar-refractivity contribution is -0.149. The zero-order valence-corrected chi connectivity index (χ0v) is 15.9. The number of aliphatic hydroxyl groups is 1. The predicted octanol–water partition coefficient (Wildman–Crippen LogP) is -4.30. The first-order chi connectivity index (χ1) is 14.0. The fourth-order valence-corrected chi connectivity index (χ4v) is 2.91. The summed E-state index contributed by atoms with van der Waals surface area (Å²) in [5.41, 5.74) is 10.5. The lowest BCUT2D eigenvalue weighted by Gasteiger charge is -2.28. The maximum absolute atomic E-state index is 12.7. The molecule has 0 saturated carbocycles. The summed E-state index contributed by atoms with van der Waals surface area (Å²) in [5, 5.41) is 31.4. The van der Waals surface area contributed by atoms with Crippen LogP contribution in [0.15, 0.2) is 0 Å². The van der Waals surface area contributed by atoms with Crippen molar-refractivity contribution >= 4 is 35.6 Å². The molecule has 14 heteroatoms. The molecule has 14 nitrogen and oxygen atoms in total. The number of hydrogen-bond acceptors (Lipinski definition) is 8. The van der Waals surface area contributed by atoms with E-state index in [1.807, 2.05) is 5.32 Å². The summed E-state index contributed by atoms with van der Waals surface area (Å²) in [6, 6.07) is -5.73. The van der Waals surface area contributed by atoms with Gasteiger partial charge in [-0.1, -0.05) is 0 Å². The quantitative estimate of drug-likeness (QED) is 0.166. The van der Waals surface area contributed by atoms with Crippen LogP contribution < -0.4 is 22.1 Å². The maximum Gasteiger partial charge on any atom is 0.326 e. The van der Waals surface area contributed by atoms with Crippen molar-refractivity contribution < 1.29 is 44.1 Å². The van der Waals surface area contributed by atoms with Gasteiger partial charge in [-0.15, -0.1) is 0 Å². The number of primary amides is 1. The monoisotopic (exact) mass is 431 g/mol. The minimum atomic E-state index is -1.60. The van der Waals surface area contributed by atoms with Crippen molar-refractivity contribution in [2.45, 2.75) is 49.9 Å². The molecule has 1 aliphatic rings. The third kappa shape index (κ3) is 6.97. The molecule has 0 radical (unpaired) electrons. The number of carboxylic acids is 2. The van der Waals surface area contributed by atoms with Gasteiger partial charge in [0.1, 0.15) is 18.1 Å². The molecule has 0 aliphatic carbocycles. The van der Waals surface area contributed by atoms with E-state index in [1.54, 1.807) is 0 Å². The highest BCUT2D eigenvalue weighted by Gasteiger charge is 2.38. The zero-order chi connectivity index (χ0) is 23.0. The normalized spacial score (nSPS) is 18.7. The Morgan fingerprint density at radius 2 is 1.60 bits per heavy atom. The molecule has 0 bridgehead atoms. The summed E-state index contributed by atoms with van der Waals surface area (Å²) in [6.07, 6.45) is -0.746. The summed E-state index contributed by atoms with van der Waals surface area (Å²) in [4.78, 5) is 71.2. The molecular weight excluding hydrogens is 406 g/mol. The molecule has 0 aromatic carbocycles. The van der Waals surface area contributed by atoms with Crippen LogP contribution in [0.2, 0.25) is 0 Å². The molecule has 1 rings (SSSR count). The zero-order valence-electron chi connectivity index (χ0n) is 15.9. The Morgan fingerprint density at radius 3 is 2.10 bits per heavy atom. The van der Waals surface area contributed by atoms with E-state index >= 15 is 0 Å². The van der Waals surface area contributed by atoms with Gasteiger partial charge >= 0.3 is 11.9 Å². The highest BCUT2D eigenvalue weighted by molar-refractivity contribution is 5.96. The van der Waals surface area contributed by atoms with Crippen LogP contribution in [0.3, 0.4) is 0 Å². The fraction of sp³-hybridized carbons (Fsp3) is 0.625. The number of carbonyl (C=O) groups excluding carboxylic acids is 4. The largest absolute Gasteiger partial charge is 0.481 e. The molecule has 168 valence electrons. The predicted molar refractivity (Wildman–Crippen MR) is 97.4 cm³/mol. The van der Waals surface area contributed by atoms with E-state index in [2.05, 4.69) is 5.32 Å². The van der Waals surface area contributed by atoms with E-state index in [0.29, 0.717) is 6.42 Å². The van der Waals surface area contributed by atoms with Gasteiger partial charge in [0, 0.05) is 6.54 Å². The van der Waals surface area contributed by atoms with Crippen LogP contribution in [0.25, 0.3) is 0 Å². The molecule has 1 saturated heterocycles. The number of nitrogens with one attached hydrogen (secondary N) is 2. The van der Waals surface area contributed by atoms with Crippen LogP contribution in [0.4, 0.5) is 0 Å². The second-order valence-electron chi connectivity index (χ2n) is 6.71. The molecule has 9 N–H and O–H groups in total. The van der Waals surface area contributed by atoms with Crippen LogP contribution in [-0.4, -0.2) is 93.1 Å². The van der Waals surface area contributed by atoms with E-state index in [1.165, 1.54) is 0 Å². The summed E-state index contributed by atoms with van der Waals surface area (Å²) >= 11 is 0. The van der Waals surface area contributed by atoms with Crippen molar-refractivity contribution in [2.75, 3.05) is 13.2 Å². The second kappa shape index (κ2) is 11.1. The van der Waals surface area contributed by atoms with Gasteiger partial charge in [-0.3, -0.25) is 24.0 Å². The molecule has 0 aromatic heterocycles. The van der Waals surface area contributed by atoms with Crippen molar-refractivity contribution in [3.63, 3.8) is 0 Å². The number of nitrogens with two attached hydrogens (primary N) is 2. The van der Waals surface area contributed by atoms with Crippen LogP contribution in [0, 0.1) is 0 Å². The molecule has 1 aliphatic heterocycles. The van der Waals surface area contributed by atoms with Gasteiger partial charge in [0.15, 0.2) is 0 Å². The molecule has 30 heavy (non-hydrogen) atoms. The third-order valence-corrected chi connectivity index (χ3v) is 4.39. The molecule has 4 atom stereocenters. The Balaban J connectivity index is 2.89. The average molecular weight is 431 g/mol. The highest BCUT2D eigenvalue weighted by atomic mass is 16.4. The van der Waals surface area contributed by atoms with Crippen molar-refractivity contribution in [2.24, 2.45) is 11.5 Å². The molecule has 4 unspecified atom stereocenters. The lowest BCUT2D eigenvalue weighted by atomic mass is 10.1. The van der Waals surface area contributed by atoms with Crippen LogP contribution in [0.5, 0.6) is 0 Å². The number of amides is 4. The van der Waals surface area contributed by atoms with Gasteiger partial charge in [0.05, 0.1) is 25.5 Å². The van der Waals surface area contributed by atoms with E-state index in [9.17, 15) is 39.0 Å². The maximum atomic E-state index is 12.7. The molecule has 0 aromatic rings. The number of hydrogen-bond donors (Lipinski definition) is 7. The number of aliphatic hydroxyl groups excluding tert-OH is 1. The van der Waals surface area contributed by atoms with Gasteiger partial charge < -0.3 is 42.3 Å². The minimum Gasteiger partial charge on any atom is -0.481 e. The van der Waals surface area contributed by atoms with E-state index in [4.69, 9.17) is 16.6 Å². The fourth-order valence-electron chi connectivity index (χ4n) is 2.91. The Kier molecular flexibility index (Phi) is 9.14. The SMILES string of the molecule is NC(=O)CC(NC(=O)C(CO)NC(=O)C(N)CC(=O)O)C(=O)N1CCCC1C(=O)O. The highest BCUT2D eigenvalue weighted by Crippen LogP contribution is 2.19.